The zero-order valence-electron chi connectivity index (χ0n) is 23.2. The topological polar surface area (TPSA) is 15.4 Å². The van der Waals surface area contributed by atoms with Crippen molar-refractivity contribution in [2.75, 3.05) is 0 Å². The summed E-state index contributed by atoms with van der Waals surface area (Å²) >= 11 is 0. The Morgan fingerprint density at radius 2 is 1.15 bits per heavy atom. The number of fused-ring (bicyclic) bond motifs is 4. The summed E-state index contributed by atoms with van der Waals surface area (Å²) in [5.74, 6) is 1.96. The summed E-state index contributed by atoms with van der Waals surface area (Å²) in [6.07, 6.45) is 0. The van der Waals surface area contributed by atoms with Gasteiger partial charge in [0.05, 0.1) is 11.1 Å². The molecule has 2 heteroatoms. The van der Waals surface area contributed by atoms with Crippen LogP contribution < -0.4 is 0 Å². The molecule has 6 aromatic rings. The van der Waals surface area contributed by atoms with Gasteiger partial charge in [0.15, 0.2) is 0 Å². The van der Waals surface area contributed by atoms with Crippen molar-refractivity contribution < 1.29 is 4.58 Å². The monoisotopic (exact) mass is 525 g/mol. The Bertz CT molecular complexity index is 2030. The Morgan fingerprint density at radius 1 is 0.537 bits per heavy atom. The summed E-state index contributed by atoms with van der Waals surface area (Å²) in [5, 5.41) is 2.48. The molecule has 0 amide bonds. The molecule has 0 saturated carbocycles. The Balaban J connectivity index is 1.45. The van der Waals surface area contributed by atoms with E-state index >= 15 is 0 Å². The van der Waals surface area contributed by atoms with E-state index < -0.39 is 0 Å². The fourth-order valence-electron chi connectivity index (χ4n) is 6.59. The predicted octanol–water partition coefficient (Wildman–Crippen LogP) is 9.36. The summed E-state index contributed by atoms with van der Waals surface area (Å²) in [6.45, 7) is 4.74. The van der Waals surface area contributed by atoms with Crippen molar-refractivity contribution in [3.8, 4) is 22.3 Å². The van der Waals surface area contributed by atoms with Crippen LogP contribution in [0.25, 0.3) is 33.0 Å². The van der Waals surface area contributed by atoms with Gasteiger partial charge in [0, 0.05) is 16.4 Å². The lowest BCUT2D eigenvalue weighted by atomic mass is 9.81. The Kier molecular flexibility index (Phi) is 5.20. The fraction of sp³-hybridized carbons (Fsp3) is 0.0769. The van der Waals surface area contributed by atoms with Gasteiger partial charge in [-0.05, 0) is 69.6 Å². The quantitative estimate of drug-likeness (QED) is 0.204. The van der Waals surface area contributed by atoms with E-state index in [1.54, 1.807) is 0 Å². The second-order valence-electron chi connectivity index (χ2n) is 11.4. The fourth-order valence-corrected chi connectivity index (χ4v) is 6.59. The van der Waals surface area contributed by atoms with Gasteiger partial charge in [-0.25, -0.2) is 0 Å². The Morgan fingerprint density at radius 3 is 1.85 bits per heavy atom. The van der Waals surface area contributed by atoms with Crippen molar-refractivity contribution in [3.63, 3.8) is 0 Å². The zero-order chi connectivity index (χ0) is 27.6. The molecule has 0 bridgehead atoms. The van der Waals surface area contributed by atoms with E-state index in [9.17, 15) is 0 Å². The van der Waals surface area contributed by atoms with Crippen LogP contribution in [-0.2, 0) is 5.41 Å². The molecule has 8 rings (SSSR count). The molecular formula is C39H29N2+. The van der Waals surface area contributed by atoms with Gasteiger partial charge in [-0.1, -0.05) is 122 Å². The molecule has 0 radical (unpaired) electrons. The van der Waals surface area contributed by atoms with Crippen molar-refractivity contribution >= 4 is 28.1 Å². The van der Waals surface area contributed by atoms with Crippen LogP contribution in [0, 0.1) is 0 Å². The number of hydrogen-bond acceptors (Lipinski definition) is 1. The van der Waals surface area contributed by atoms with Crippen LogP contribution in [0.1, 0.15) is 36.1 Å². The van der Waals surface area contributed by atoms with Crippen LogP contribution in [0.3, 0.4) is 0 Å². The predicted molar refractivity (Wildman–Crippen MR) is 170 cm³/mol. The summed E-state index contributed by atoms with van der Waals surface area (Å²) in [4.78, 5) is 5.16. The summed E-state index contributed by atoms with van der Waals surface area (Å²) in [6, 6.07) is 50.0. The van der Waals surface area contributed by atoms with Crippen LogP contribution in [0.4, 0.5) is 5.69 Å². The second-order valence-corrected chi connectivity index (χ2v) is 11.4. The van der Waals surface area contributed by atoms with Gasteiger partial charge in [0.2, 0.25) is 0 Å². The molecule has 6 aromatic carbocycles. The molecule has 1 heterocycles. The van der Waals surface area contributed by atoms with E-state index in [-0.39, 0.29) is 5.41 Å². The lowest BCUT2D eigenvalue weighted by Gasteiger charge is -2.25. The van der Waals surface area contributed by atoms with E-state index in [4.69, 9.17) is 4.99 Å². The lowest BCUT2D eigenvalue weighted by molar-refractivity contribution is -0.316. The van der Waals surface area contributed by atoms with Gasteiger partial charge in [-0.15, -0.1) is 0 Å². The second kappa shape index (κ2) is 8.97. The number of hydrogen-bond donors (Lipinski definition) is 0. The number of amidine groups is 2. The van der Waals surface area contributed by atoms with Crippen molar-refractivity contribution in [2.45, 2.75) is 19.3 Å². The number of rotatable bonds is 4. The van der Waals surface area contributed by atoms with Gasteiger partial charge >= 0.3 is 0 Å². The molecule has 41 heavy (non-hydrogen) atoms. The molecule has 1 aliphatic heterocycles. The highest BCUT2D eigenvalue weighted by molar-refractivity contribution is 6.18. The molecule has 2 aliphatic rings. The highest BCUT2D eigenvalue weighted by Gasteiger charge is 2.42. The minimum absolute atomic E-state index is 0.157. The maximum Gasteiger partial charge on any atom is 0.279 e. The molecule has 0 spiro atoms. The first kappa shape index (κ1) is 23.8. The van der Waals surface area contributed by atoms with E-state index in [0.717, 1.165) is 22.8 Å². The molecule has 194 valence electrons. The van der Waals surface area contributed by atoms with E-state index in [1.807, 2.05) is 0 Å². The maximum absolute atomic E-state index is 5.16. The third kappa shape index (κ3) is 3.57. The SMILES string of the molecule is CC1(C)c2cc(-c3ccccc3)ccc2-c2c1cc1ccccc1c2[N+]1=C(c2ccccc2)N=C1c1ccccc1. The van der Waals surface area contributed by atoms with Crippen molar-refractivity contribution in [2.24, 2.45) is 4.99 Å². The highest BCUT2D eigenvalue weighted by atomic mass is 15.2. The van der Waals surface area contributed by atoms with Gasteiger partial charge in [0.1, 0.15) is 5.69 Å². The summed E-state index contributed by atoms with van der Waals surface area (Å²) < 4.78 is 2.40. The Labute approximate surface area is 240 Å². The molecule has 0 unspecified atom stereocenters. The molecule has 0 aromatic heterocycles. The largest absolute Gasteiger partial charge is 0.279 e. The molecule has 0 N–H and O–H groups in total. The third-order valence-electron chi connectivity index (χ3n) is 8.69. The minimum atomic E-state index is -0.157. The van der Waals surface area contributed by atoms with Crippen LogP contribution in [0.5, 0.6) is 0 Å². The molecule has 0 atom stereocenters. The zero-order valence-corrected chi connectivity index (χ0v) is 23.2. The normalized spacial score (nSPS) is 14.8. The maximum atomic E-state index is 5.16. The van der Waals surface area contributed by atoms with Gasteiger partial charge in [-0.3, -0.25) is 0 Å². The van der Waals surface area contributed by atoms with Crippen LogP contribution in [0.2, 0.25) is 0 Å². The first-order chi connectivity index (χ1) is 20.1. The standard InChI is InChI=1S/C39H29N2/c1-39(2)33-24-29(26-14-6-3-7-15-26)22-23-32(33)35-34(39)25-30-20-12-13-21-31(30)36(35)41-37(27-16-8-4-9-17-27)40-38(41)28-18-10-5-11-19-28/h3-25H,1-2H3/q+1. The minimum Gasteiger partial charge on any atom is -0.191 e. The van der Waals surface area contributed by atoms with Gasteiger partial charge in [0.25, 0.3) is 11.7 Å². The number of aliphatic imine (C=N–C) groups is 1. The summed E-state index contributed by atoms with van der Waals surface area (Å²) in [5.41, 5.74) is 11.1. The summed E-state index contributed by atoms with van der Waals surface area (Å²) in [7, 11) is 0. The Hall–Kier alpha value is -5.08. The van der Waals surface area contributed by atoms with E-state index in [0.29, 0.717) is 0 Å². The molecule has 0 fully saturated rings. The molecule has 0 saturated heterocycles. The lowest BCUT2D eigenvalue weighted by Crippen LogP contribution is -2.35. The van der Waals surface area contributed by atoms with E-state index in [2.05, 4.69) is 158 Å². The molecular weight excluding hydrogens is 496 g/mol. The smallest absolute Gasteiger partial charge is 0.191 e. The molecule has 2 nitrogen and oxygen atoms in total. The molecule has 1 aliphatic carbocycles. The van der Waals surface area contributed by atoms with Crippen molar-refractivity contribution in [1.82, 2.24) is 0 Å². The first-order valence-electron chi connectivity index (χ1n) is 14.2. The van der Waals surface area contributed by atoms with Crippen molar-refractivity contribution in [3.05, 3.63) is 162 Å². The highest BCUT2D eigenvalue weighted by Crippen LogP contribution is 2.55. The van der Waals surface area contributed by atoms with Crippen LogP contribution in [0.15, 0.2) is 145 Å². The number of benzene rings is 6. The van der Waals surface area contributed by atoms with Crippen LogP contribution >= 0.6 is 0 Å². The average molecular weight is 526 g/mol. The first-order valence-corrected chi connectivity index (χ1v) is 14.2. The van der Waals surface area contributed by atoms with Gasteiger partial charge in [-0.2, -0.15) is 4.58 Å². The van der Waals surface area contributed by atoms with Crippen LogP contribution in [-0.4, -0.2) is 16.2 Å². The number of nitrogens with zero attached hydrogens (tertiary/aromatic N) is 2. The third-order valence-corrected chi connectivity index (χ3v) is 8.69. The average Bonchev–Trinajstić information content (AvgIpc) is 3.23. The van der Waals surface area contributed by atoms with Gasteiger partial charge < -0.3 is 0 Å². The van der Waals surface area contributed by atoms with Crippen molar-refractivity contribution in [1.29, 1.82) is 0 Å². The van der Waals surface area contributed by atoms with E-state index in [1.165, 1.54) is 49.8 Å².